The fourth-order valence-electron chi connectivity index (χ4n) is 3.50. The summed E-state index contributed by atoms with van der Waals surface area (Å²) in [5, 5.41) is 2.94. The number of hydrogen-bond donors (Lipinski definition) is 1. The number of allylic oxidation sites excluding steroid dienone is 1. The summed E-state index contributed by atoms with van der Waals surface area (Å²) in [5.41, 5.74) is 2.63. The van der Waals surface area contributed by atoms with E-state index in [1.54, 1.807) is 49.5 Å². The highest BCUT2D eigenvalue weighted by atomic mass is 16.5. The molecule has 2 unspecified atom stereocenters. The van der Waals surface area contributed by atoms with Crippen molar-refractivity contribution in [3.8, 4) is 0 Å². The SMILES string of the molecule is CCC(COC(=O)C(C)c1ccc(C(=O)c2ccccc2)cc1)NC(=O)C1=CN(C)C=CC1. The van der Waals surface area contributed by atoms with Crippen LogP contribution >= 0.6 is 0 Å². The summed E-state index contributed by atoms with van der Waals surface area (Å²) < 4.78 is 5.50. The third-order valence-electron chi connectivity index (χ3n) is 5.65. The molecule has 6 heteroatoms. The van der Waals surface area contributed by atoms with Gasteiger partial charge in [-0.15, -0.1) is 0 Å². The van der Waals surface area contributed by atoms with Crippen LogP contribution in [-0.2, 0) is 14.3 Å². The third-order valence-corrected chi connectivity index (χ3v) is 5.65. The molecule has 172 valence electrons. The Bertz CT molecular complexity index is 1040. The number of amides is 1. The number of carbonyl (C=O) groups is 3. The van der Waals surface area contributed by atoms with Crippen molar-refractivity contribution in [3.05, 3.63) is 95.3 Å². The number of ketones is 1. The molecule has 0 fully saturated rings. The van der Waals surface area contributed by atoms with Crippen molar-refractivity contribution in [1.82, 2.24) is 10.2 Å². The van der Waals surface area contributed by atoms with Crippen LogP contribution in [0.2, 0.25) is 0 Å². The van der Waals surface area contributed by atoms with Gasteiger partial charge in [0.1, 0.15) is 6.61 Å². The number of benzene rings is 2. The van der Waals surface area contributed by atoms with Crippen LogP contribution in [0.3, 0.4) is 0 Å². The molecule has 1 heterocycles. The van der Waals surface area contributed by atoms with Crippen LogP contribution in [0.25, 0.3) is 0 Å². The van der Waals surface area contributed by atoms with Gasteiger partial charge in [0.15, 0.2) is 5.78 Å². The zero-order valence-corrected chi connectivity index (χ0v) is 19.3. The molecule has 1 aliphatic heterocycles. The van der Waals surface area contributed by atoms with Crippen LogP contribution in [0, 0.1) is 0 Å². The van der Waals surface area contributed by atoms with Crippen LogP contribution in [-0.4, -0.2) is 42.3 Å². The summed E-state index contributed by atoms with van der Waals surface area (Å²) in [6.45, 7) is 3.81. The van der Waals surface area contributed by atoms with E-state index in [0.29, 0.717) is 29.5 Å². The van der Waals surface area contributed by atoms with Crippen molar-refractivity contribution in [2.75, 3.05) is 13.7 Å². The fourth-order valence-corrected chi connectivity index (χ4v) is 3.50. The molecule has 1 N–H and O–H groups in total. The van der Waals surface area contributed by atoms with Gasteiger partial charge in [0.2, 0.25) is 5.91 Å². The van der Waals surface area contributed by atoms with E-state index in [4.69, 9.17) is 4.74 Å². The molecule has 6 nitrogen and oxygen atoms in total. The van der Waals surface area contributed by atoms with Gasteiger partial charge in [-0.1, -0.05) is 67.6 Å². The van der Waals surface area contributed by atoms with Gasteiger partial charge in [-0.05, 0) is 31.5 Å². The Balaban J connectivity index is 1.54. The van der Waals surface area contributed by atoms with Gasteiger partial charge in [0, 0.05) is 29.9 Å². The smallest absolute Gasteiger partial charge is 0.313 e. The molecule has 0 aromatic heterocycles. The number of carbonyl (C=O) groups excluding carboxylic acids is 3. The third kappa shape index (κ3) is 6.42. The summed E-state index contributed by atoms with van der Waals surface area (Å²) in [6.07, 6.45) is 6.84. The van der Waals surface area contributed by atoms with Crippen LogP contribution < -0.4 is 5.32 Å². The minimum absolute atomic E-state index is 0.0614. The zero-order chi connectivity index (χ0) is 23.8. The molecule has 2 aromatic rings. The average Bonchev–Trinajstić information content (AvgIpc) is 2.85. The summed E-state index contributed by atoms with van der Waals surface area (Å²) >= 11 is 0. The molecule has 0 radical (unpaired) electrons. The maximum absolute atomic E-state index is 12.6. The second-order valence-electron chi connectivity index (χ2n) is 8.16. The van der Waals surface area contributed by atoms with Crippen molar-refractivity contribution < 1.29 is 19.1 Å². The highest BCUT2D eigenvalue weighted by Crippen LogP contribution is 2.19. The summed E-state index contributed by atoms with van der Waals surface area (Å²) in [5.74, 6) is -1.07. The Morgan fingerprint density at radius 2 is 1.70 bits per heavy atom. The quantitative estimate of drug-likeness (QED) is 0.462. The van der Waals surface area contributed by atoms with E-state index in [1.807, 2.05) is 49.3 Å². The van der Waals surface area contributed by atoms with Crippen molar-refractivity contribution in [3.63, 3.8) is 0 Å². The molecule has 33 heavy (non-hydrogen) atoms. The van der Waals surface area contributed by atoms with E-state index in [2.05, 4.69) is 5.32 Å². The van der Waals surface area contributed by atoms with Gasteiger partial charge in [-0.3, -0.25) is 14.4 Å². The molecule has 0 saturated heterocycles. The molecule has 0 aliphatic carbocycles. The molecule has 0 saturated carbocycles. The molecular formula is C27H30N2O4. The first-order chi connectivity index (χ1) is 15.9. The van der Waals surface area contributed by atoms with E-state index >= 15 is 0 Å². The topological polar surface area (TPSA) is 75.7 Å². The van der Waals surface area contributed by atoms with Crippen LogP contribution in [0.15, 0.2) is 78.6 Å². The lowest BCUT2D eigenvalue weighted by atomic mass is 9.97. The molecular weight excluding hydrogens is 416 g/mol. The van der Waals surface area contributed by atoms with Crippen molar-refractivity contribution in [2.24, 2.45) is 0 Å². The molecule has 2 aromatic carbocycles. The van der Waals surface area contributed by atoms with E-state index in [-0.39, 0.29) is 30.3 Å². The minimum Gasteiger partial charge on any atom is -0.463 e. The van der Waals surface area contributed by atoms with E-state index < -0.39 is 5.92 Å². The van der Waals surface area contributed by atoms with E-state index in [1.165, 1.54) is 0 Å². The number of ether oxygens (including phenoxy) is 1. The minimum atomic E-state index is -0.487. The Labute approximate surface area is 194 Å². The standard InChI is InChI=1S/C27H30N2O4/c1-4-24(28-26(31)23-11-8-16-29(3)17-23)18-33-27(32)19(2)20-12-14-22(15-13-20)25(30)21-9-6-5-7-10-21/h5-10,12-17,19,24H,4,11,18H2,1-3H3,(H,28,31). The summed E-state index contributed by atoms with van der Waals surface area (Å²) in [7, 11) is 1.87. The predicted molar refractivity (Wildman–Crippen MR) is 128 cm³/mol. The van der Waals surface area contributed by atoms with Gasteiger partial charge in [-0.2, -0.15) is 0 Å². The highest BCUT2D eigenvalue weighted by Gasteiger charge is 2.21. The Hall–Kier alpha value is -3.67. The lowest BCUT2D eigenvalue weighted by molar-refractivity contribution is -0.146. The summed E-state index contributed by atoms with van der Waals surface area (Å²) in [6, 6.07) is 15.8. The van der Waals surface area contributed by atoms with Crippen molar-refractivity contribution in [1.29, 1.82) is 0 Å². The fraction of sp³-hybridized carbons (Fsp3) is 0.296. The lowest BCUT2D eigenvalue weighted by Gasteiger charge is -2.21. The average molecular weight is 447 g/mol. The monoisotopic (exact) mass is 446 g/mol. The first-order valence-electron chi connectivity index (χ1n) is 11.2. The van der Waals surface area contributed by atoms with E-state index in [0.717, 1.165) is 5.56 Å². The van der Waals surface area contributed by atoms with Gasteiger partial charge >= 0.3 is 5.97 Å². The molecule has 0 bridgehead atoms. The first-order valence-corrected chi connectivity index (χ1v) is 11.2. The molecule has 3 rings (SSSR count). The largest absolute Gasteiger partial charge is 0.463 e. The van der Waals surface area contributed by atoms with Gasteiger partial charge in [0.05, 0.1) is 12.0 Å². The van der Waals surface area contributed by atoms with Gasteiger partial charge in [-0.25, -0.2) is 0 Å². The maximum Gasteiger partial charge on any atom is 0.313 e. The molecule has 1 aliphatic rings. The highest BCUT2D eigenvalue weighted by molar-refractivity contribution is 6.09. The van der Waals surface area contributed by atoms with Crippen molar-refractivity contribution >= 4 is 17.7 Å². The second kappa shape index (κ2) is 11.3. The first kappa shape index (κ1) is 24.0. The van der Waals surface area contributed by atoms with Crippen LogP contribution in [0.5, 0.6) is 0 Å². The van der Waals surface area contributed by atoms with Gasteiger partial charge in [0.25, 0.3) is 0 Å². The maximum atomic E-state index is 12.6. The Kier molecular flexibility index (Phi) is 8.19. The molecule has 2 atom stereocenters. The number of hydrogen-bond acceptors (Lipinski definition) is 5. The number of nitrogens with zero attached hydrogens (tertiary/aromatic N) is 1. The predicted octanol–water partition coefficient (Wildman–Crippen LogP) is 4.19. The van der Waals surface area contributed by atoms with Gasteiger partial charge < -0.3 is 15.0 Å². The lowest BCUT2D eigenvalue weighted by Crippen LogP contribution is -2.39. The normalized spacial score (nSPS) is 14.8. The van der Waals surface area contributed by atoms with Crippen LogP contribution in [0.1, 0.15) is 54.1 Å². The number of esters is 1. The Morgan fingerprint density at radius 1 is 1.03 bits per heavy atom. The zero-order valence-electron chi connectivity index (χ0n) is 19.3. The Morgan fingerprint density at radius 3 is 2.33 bits per heavy atom. The van der Waals surface area contributed by atoms with Crippen molar-refractivity contribution in [2.45, 2.75) is 38.6 Å². The summed E-state index contributed by atoms with van der Waals surface area (Å²) in [4.78, 5) is 39.5. The second-order valence-corrected chi connectivity index (χ2v) is 8.16. The van der Waals surface area contributed by atoms with Crippen LogP contribution in [0.4, 0.5) is 0 Å². The van der Waals surface area contributed by atoms with E-state index in [9.17, 15) is 14.4 Å². The molecule has 0 spiro atoms. The molecule has 1 amide bonds. The number of rotatable bonds is 9. The number of nitrogens with one attached hydrogen (secondary N) is 1.